The van der Waals surface area contributed by atoms with E-state index in [-0.39, 0.29) is 17.7 Å². The molecule has 4 aromatic rings. The highest BCUT2D eigenvalue weighted by molar-refractivity contribution is 7.99. The third-order valence-electron chi connectivity index (χ3n) is 4.92. The summed E-state index contributed by atoms with van der Waals surface area (Å²) < 4.78 is 5.79. The highest BCUT2D eigenvalue weighted by atomic mass is 32.2. The molecule has 1 aliphatic heterocycles. The van der Waals surface area contributed by atoms with Gasteiger partial charge in [0.25, 0.3) is 11.1 Å². The zero-order valence-corrected chi connectivity index (χ0v) is 19.6. The molecule has 30 heavy (non-hydrogen) atoms. The number of aryl methyl sites for hydroxylation is 2. The molecule has 0 N–H and O–H groups in total. The zero-order chi connectivity index (χ0) is 20.7. The SMILES string of the molecule is Cc1nc(C)c(-c2nnc(SCC(=O)N3CCc4sccc4C3c3cccs3)o2)s1. The molecule has 1 aliphatic rings. The third kappa shape index (κ3) is 3.73. The Bertz CT molecular complexity index is 1180. The lowest BCUT2D eigenvalue weighted by molar-refractivity contribution is -0.130. The van der Waals surface area contributed by atoms with Crippen LogP contribution in [0.4, 0.5) is 0 Å². The van der Waals surface area contributed by atoms with Gasteiger partial charge in [0.2, 0.25) is 5.91 Å². The summed E-state index contributed by atoms with van der Waals surface area (Å²) in [5.74, 6) is 0.814. The number of hydrogen-bond donors (Lipinski definition) is 0. The zero-order valence-electron chi connectivity index (χ0n) is 16.3. The molecular weight excluding hydrogens is 457 g/mol. The van der Waals surface area contributed by atoms with E-state index >= 15 is 0 Å². The monoisotopic (exact) mass is 474 g/mol. The van der Waals surface area contributed by atoms with Gasteiger partial charge in [-0.25, -0.2) is 4.98 Å². The number of carbonyl (C=O) groups excluding carboxylic acids is 1. The fraction of sp³-hybridized carbons (Fsp3) is 0.300. The Labute approximate surface area is 190 Å². The van der Waals surface area contributed by atoms with E-state index in [0.717, 1.165) is 28.5 Å². The number of thiazole rings is 1. The summed E-state index contributed by atoms with van der Waals surface area (Å²) in [6.45, 7) is 4.61. The maximum absolute atomic E-state index is 13.2. The normalized spacial score (nSPS) is 16.1. The lowest BCUT2D eigenvalue weighted by Gasteiger charge is -2.35. The number of thiophene rings is 2. The smallest absolute Gasteiger partial charge is 0.277 e. The van der Waals surface area contributed by atoms with Crippen molar-refractivity contribution in [2.75, 3.05) is 12.3 Å². The molecular formula is C20H18N4O2S4. The van der Waals surface area contributed by atoms with Crippen molar-refractivity contribution >= 4 is 51.7 Å². The van der Waals surface area contributed by atoms with E-state index < -0.39 is 0 Å². The Morgan fingerprint density at radius 3 is 2.93 bits per heavy atom. The number of carbonyl (C=O) groups is 1. The first-order chi connectivity index (χ1) is 14.6. The van der Waals surface area contributed by atoms with Gasteiger partial charge in [0.1, 0.15) is 4.88 Å². The molecule has 0 aliphatic carbocycles. The van der Waals surface area contributed by atoms with Gasteiger partial charge in [-0.3, -0.25) is 4.79 Å². The maximum atomic E-state index is 13.2. The number of fused-ring (bicyclic) bond motifs is 1. The second kappa shape index (κ2) is 8.26. The van der Waals surface area contributed by atoms with E-state index in [0.29, 0.717) is 11.1 Å². The number of aromatic nitrogens is 3. The highest BCUT2D eigenvalue weighted by Crippen LogP contribution is 2.40. The summed E-state index contributed by atoms with van der Waals surface area (Å²) in [5, 5.41) is 13.8. The summed E-state index contributed by atoms with van der Waals surface area (Å²) in [4.78, 5) is 23.0. The Morgan fingerprint density at radius 1 is 1.27 bits per heavy atom. The van der Waals surface area contributed by atoms with Gasteiger partial charge in [-0.1, -0.05) is 17.8 Å². The van der Waals surface area contributed by atoms with Crippen LogP contribution >= 0.6 is 45.8 Å². The van der Waals surface area contributed by atoms with Crippen LogP contribution in [-0.4, -0.2) is 38.3 Å². The minimum Gasteiger partial charge on any atom is -0.410 e. The molecule has 0 fully saturated rings. The minimum absolute atomic E-state index is 0.00540. The first-order valence-electron chi connectivity index (χ1n) is 9.40. The lowest BCUT2D eigenvalue weighted by atomic mass is 9.98. The average molecular weight is 475 g/mol. The van der Waals surface area contributed by atoms with Crippen LogP contribution in [0.5, 0.6) is 0 Å². The van der Waals surface area contributed by atoms with Gasteiger partial charge in [0.05, 0.1) is 22.5 Å². The van der Waals surface area contributed by atoms with E-state index in [1.165, 1.54) is 38.4 Å². The molecule has 0 bridgehead atoms. The molecule has 0 saturated carbocycles. The van der Waals surface area contributed by atoms with Crippen molar-refractivity contribution in [1.29, 1.82) is 0 Å². The van der Waals surface area contributed by atoms with E-state index in [1.807, 2.05) is 24.8 Å². The molecule has 0 saturated heterocycles. The van der Waals surface area contributed by atoms with E-state index in [4.69, 9.17) is 4.42 Å². The minimum atomic E-state index is -0.00540. The van der Waals surface area contributed by atoms with Crippen molar-refractivity contribution < 1.29 is 9.21 Å². The maximum Gasteiger partial charge on any atom is 0.277 e. The van der Waals surface area contributed by atoms with Gasteiger partial charge in [0.15, 0.2) is 0 Å². The van der Waals surface area contributed by atoms with Crippen LogP contribution in [-0.2, 0) is 11.2 Å². The van der Waals surface area contributed by atoms with Gasteiger partial charge in [-0.05, 0) is 48.7 Å². The summed E-state index contributed by atoms with van der Waals surface area (Å²) >= 11 is 6.30. The van der Waals surface area contributed by atoms with Crippen molar-refractivity contribution in [2.24, 2.45) is 0 Å². The number of amides is 1. The van der Waals surface area contributed by atoms with Gasteiger partial charge in [0, 0.05) is 16.3 Å². The van der Waals surface area contributed by atoms with Gasteiger partial charge in [-0.15, -0.1) is 44.2 Å². The average Bonchev–Trinajstić information content (AvgIpc) is 3.52. The molecule has 5 rings (SSSR count). The fourth-order valence-electron chi connectivity index (χ4n) is 3.63. The number of thioether (sulfide) groups is 1. The molecule has 1 unspecified atom stereocenters. The third-order valence-corrected chi connectivity index (χ3v) is 8.71. The van der Waals surface area contributed by atoms with Crippen molar-refractivity contribution in [3.05, 3.63) is 55.0 Å². The molecule has 4 aromatic heterocycles. The van der Waals surface area contributed by atoms with Crippen molar-refractivity contribution in [1.82, 2.24) is 20.1 Å². The Morgan fingerprint density at radius 2 is 2.17 bits per heavy atom. The van der Waals surface area contributed by atoms with Crippen LogP contribution in [0.25, 0.3) is 10.8 Å². The van der Waals surface area contributed by atoms with E-state index in [9.17, 15) is 4.79 Å². The molecule has 6 nitrogen and oxygen atoms in total. The summed E-state index contributed by atoms with van der Waals surface area (Å²) in [6.07, 6.45) is 0.903. The van der Waals surface area contributed by atoms with Gasteiger partial charge >= 0.3 is 0 Å². The standard InChI is InChI=1S/C20H18N4O2S4/c1-11-18(30-12(2)21-11)19-22-23-20(26-19)29-10-16(25)24-7-5-14-13(6-9-28-14)17(24)15-4-3-8-27-15/h3-4,6,8-9,17H,5,7,10H2,1-2H3. The van der Waals surface area contributed by atoms with Crippen LogP contribution in [0.15, 0.2) is 38.6 Å². The van der Waals surface area contributed by atoms with Crippen molar-refractivity contribution in [3.8, 4) is 10.8 Å². The molecule has 0 aromatic carbocycles. The van der Waals surface area contributed by atoms with Crippen molar-refractivity contribution in [3.63, 3.8) is 0 Å². The number of nitrogens with zero attached hydrogens (tertiary/aromatic N) is 4. The molecule has 1 atom stereocenters. The number of hydrogen-bond acceptors (Lipinski definition) is 9. The fourth-order valence-corrected chi connectivity index (χ4v) is 6.88. The Kier molecular flexibility index (Phi) is 5.48. The molecule has 154 valence electrons. The van der Waals surface area contributed by atoms with Crippen LogP contribution in [0.2, 0.25) is 0 Å². The second-order valence-electron chi connectivity index (χ2n) is 6.86. The largest absolute Gasteiger partial charge is 0.410 e. The lowest BCUT2D eigenvalue weighted by Crippen LogP contribution is -2.40. The Balaban J connectivity index is 1.31. The predicted molar refractivity (Wildman–Crippen MR) is 122 cm³/mol. The summed E-state index contributed by atoms with van der Waals surface area (Å²) in [5.41, 5.74) is 2.13. The van der Waals surface area contributed by atoms with Crippen LogP contribution in [0.3, 0.4) is 0 Å². The van der Waals surface area contributed by atoms with Crippen LogP contribution < -0.4 is 0 Å². The molecule has 10 heteroatoms. The molecule has 1 amide bonds. The Hall–Kier alpha value is -2.01. The quantitative estimate of drug-likeness (QED) is 0.370. The second-order valence-corrected chi connectivity index (χ2v) is 11.0. The molecule has 0 spiro atoms. The predicted octanol–water partition coefficient (Wildman–Crippen LogP) is 5.20. The molecule has 0 radical (unpaired) electrons. The van der Waals surface area contributed by atoms with Crippen LogP contribution in [0, 0.1) is 13.8 Å². The van der Waals surface area contributed by atoms with Gasteiger partial charge < -0.3 is 9.32 Å². The van der Waals surface area contributed by atoms with Crippen molar-refractivity contribution in [2.45, 2.75) is 31.5 Å². The summed E-state index contributed by atoms with van der Waals surface area (Å²) in [6, 6.07) is 6.30. The summed E-state index contributed by atoms with van der Waals surface area (Å²) in [7, 11) is 0. The topological polar surface area (TPSA) is 72.1 Å². The van der Waals surface area contributed by atoms with E-state index in [2.05, 4.69) is 38.1 Å². The highest BCUT2D eigenvalue weighted by Gasteiger charge is 2.33. The van der Waals surface area contributed by atoms with Gasteiger partial charge in [-0.2, -0.15) is 0 Å². The number of rotatable bonds is 5. The van der Waals surface area contributed by atoms with Crippen LogP contribution in [0.1, 0.15) is 32.1 Å². The molecule has 5 heterocycles. The first kappa shape index (κ1) is 19.9. The first-order valence-corrected chi connectivity index (χ1v) is 13.0. The van der Waals surface area contributed by atoms with E-state index in [1.54, 1.807) is 22.7 Å².